The third kappa shape index (κ3) is 2.16. The Morgan fingerprint density at radius 3 is 2.45 bits per heavy atom. The molecule has 3 aromatic rings. The molecule has 6 heteroatoms. The van der Waals surface area contributed by atoms with E-state index in [0.717, 1.165) is 10.1 Å². The minimum atomic E-state index is -0.336. The van der Waals surface area contributed by atoms with E-state index in [2.05, 4.69) is 4.98 Å². The van der Waals surface area contributed by atoms with E-state index >= 15 is 0 Å². The van der Waals surface area contributed by atoms with Gasteiger partial charge in [0, 0.05) is 19.6 Å². The number of fused-ring (bicyclic) bond motifs is 1. The maximum Gasteiger partial charge on any atom is 0.332 e. The van der Waals surface area contributed by atoms with Crippen molar-refractivity contribution in [2.24, 2.45) is 7.05 Å². The summed E-state index contributed by atoms with van der Waals surface area (Å²) < 4.78 is 4.50. The summed E-state index contributed by atoms with van der Waals surface area (Å²) in [6, 6.07) is 9.78. The van der Waals surface area contributed by atoms with Crippen LogP contribution in [0.5, 0.6) is 0 Å². The van der Waals surface area contributed by atoms with Gasteiger partial charge < -0.3 is 4.57 Å². The Morgan fingerprint density at radius 2 is 1.82 bits per heavy atom. The summed E-state index contributed by atoms with van der Waals surface area (Å²) in [6.45, 7) is 4.35. The molecule has 1 aromatic carbocycles. The van der Waals surface area contributed by atoms with Crippen LogP contribution in [-0.2, 0) is 13.6 Å². The topological polar surface area (TPSA) is 61.8 Å². The van der Waals surface area contributed by atoms with Gasteiger partial charge in [0.2, 0.25) is 0 Å². The molecule has 0 saturated carbocycles. The van der Waals surface area contributed by atoms with Crippen LogP contribution in [0.3, 0.4) is 0 Å². The van der Waals surface area contributed by atoms with E-state index in [0.29, 0.717) is 17.7 Å². The number of rotatable bonds is 3. The van der Waals surface area contributed by atoms with Gasteiger partial charge in [-0.2, -0.15) is 0 Å². The molecule has 0 N–H and O–H groups in total. The summed E-state index contributed by atoms with van der Waals surface area (Å²) in [7, 11) is 1.50. The largest absolute Gasteiger partial charge is 0.332 e. The van der Waals surface area contributed by atoms with Crippen molar-refractivity contribution in [1.82, 2.24) is 18.7 Å². The number of aromatic nitrogens is 4. The summed E-state index contributed by atoms with van der Waals surface area (Å²) in [4.78, 5) is 29.1. The van der Waals surface area contributed by atoms with Gasteiger partial charge in [-0.3, -0.25) is 13.9 Å². The maximum atomic E-state index is 12.5. The molecule has 0 aliphatic rings. The van der Waals surface area contributed by atoms with Crippen molar-refractivity contribution in [2.75, 3.05) is 0 Å². The maximum absolute atomic E-state index is 12.5. The highest BCUT2D eigenvalue weighted by Gasteiger charge is 2.17. The van der Waals surface area contributed by atoms with Gasteiger partial charge >= 0.3 is 5.69 Å². The molecule has 0 amide bonds. The molecule has 0 aliphatic heterocycles. The van der Waals surface area contributed by atoms with Crippen LogP contribution in [0.4, 0.5) is 0 Å². The van der Waals surface area contributed by atoms with Crippen LogP contribution in [-0.4, -0.2) is 18.7 Å². The third-order valence-corrected chi connectivity index (χ3v) is 3.76. The predicted molar refractivity (Wildman–Crippen MR) is 85.2 cm³/mol. The zero-order valence-corrected chi connectivity index (χ0v) is 12.9. The molecular formula is C16H18N4O2. The SMILES string of the molecule is CC(C)n1c(=O)n(C)c(=O)c2c1ncn2Cc1ccccc1. The van der Waals surface area contributed by atoms with Crippen LogP contribution in [0.15, 0.2) is 46.2 Å². The highest BCUT2D eigenvalue weighted by molar-refractivity contribution is 5.70. The molecule has 6 nitrogen and oxygen atoms in total. The fraction of sp³-hybridized carbons (Fsp3) is 0.312. The lowest BCUT2D eigenvalue weighted by Gasteiger charge is -2.12. The Kier molecular flexibility index (Phi) is 3.44. The van der Waals surface area contributed by atoms with Gasteiger partial charge in [0.15, 0.2) is 11.2 Å². The lowest BCUT2D eigenvalue weighted by molar-refractivity contribution is 0.551. The second kappa shape index (κ2) is 5.29. The molecule has 2 heterocycles. The van der Waals surface area contributed by atoms with Gasteiger partial charge in [-0.25, -0.2) is 9.78 Å². The van der Waals surface area contributed by atoms with Gasteiger partial charge in [-0.05, 0) is 19.4 Å². The number of hydrogen-bond acceptors (Lipinski definition) is 3. The summed E-state index contributed by atoms with van der Waals surface area (Å²) in [5, 5.41) is 0. The first-order valence-corrected chi connectivity index (χ1v) is 7.21. The lowest BCUT2D eigenvalue weighted by atomic mass is 10.2. The van der Waals surface area contributed by atoms with Gasteiger partial charge in [0.25, 0.3) is 5.56 Å². The fourth-order valence-electron chi connectivity index (χ4n) is 2.63. The van der Waals surface area contributed by atoms with E-state index in [1.807, 2.05) is 44.2 Å². The summed E-state index contributed by atoms with van der Waals surface area (Å²) >= 11 is 0. The van der Waals surface area contributed by atoms with Gasteiger partial charge in [0.1, 0.15) is 0 Å². The van der Waals surface area contributed by atoms with E-state index in [1.165, 1.54) is 7.05 Å². The molecule has 0 aliphatic carbocycles. The third-order valence-electron chi connectivity index (χ3n) is 3.76. The molecule has 0 radical (unpaired) electrons. The van der Waals surface area contributed by atoms with Crippen molar-refractivity contribution < 1.29 is 0 Å². The zero-order chi connectivity index (χ0) is 15.9. The predicted octanol–water partition coefficient (Wildman–Crippen LogP) is 1.53. The van der Waals surface area contributed by atoms with Crippen molar-refractivity contribution in [3.05, 3.63) is 63.1 Å². The first-order valence-electron chi connectivity index (χ1n) is 7.21. The Balaban J connectivity index is 2.27. The van der Waals surface area contributed by atoms with Gasteiger partial charge in [-0.1, -0.05) is 30.3 Å². The van der Waals surface area contributed by atoms with E-state index < -0.39 is 0 Å². The van der Waals surface area contributed by atoms with Gasteiger partial charge in [-0.15, -0.1) is 0 Å². The summed E-state index contributed by atoms with van der Waals surface area (Å²) in [5.74, 6) is 0. The molecule has 0 unspecified atom stereocenters. The highest BCUT2D eigenvalue weighted by Crippen LogP contribution is 2.13. The minimum absolute atomic E-state index is 0.0677. The smallest absolute Gasteiger partial charge is 0.320 e. The molecule has 0 spiro atoms. The molecule has 2 aromatic heterocycles. The molecule has 0 fully saturated rings. The first-order chi connectivity index (χ1) is 10.5. The second-order valence-corrected chi connectivity index (χ2v) is 5.64. The molecule has 0 bridgehead atoms. The van der Waals surface area contributed by atoms with E-state index in [-0.39, 0.29) is 17.3 Å². The molecule has 0 saturated heterocycles. The fourth-order valence-corrected chi connectivity index (χ4v) is 2.63. The Bertz CT molecular complexity index is 932. The quantitative estimate of drug-likeness (QED) is 0.736. The monoisotopic (exact) mass is 298 g/mol. The van der Waals surface area contributed by atoms with Crippen molar-refractivity contribution in [3.63, 3.8) is 0 Å². The van der Waals surface area contributed by atoms with E-state index in [4.69, 9.17) is 0 Å². The standard InChI is InChI=1S/C16H18N4O2/c1-11(2)20-14-13(15(21)18(3)16(20)22)19(10-17-14)9-12-7-5-4-6-8-12/h4-8,10-11H,9H2,1-3H3. The molecule has 3 rings (SSSR count). The molecule has 0 atom stereocenters. The second-order valence-electron chi connectivity index (χ2n) is 5.64. The number of imidazole rings is 1. The van der Waals surface area contributed by atoms with E-state index in [9.17, 15) is 9.59 Å². The van der Waals surface area contributed by atoms with Crippen LogP contribution < -0.4 is 11.2 Å². The Morgan fingerprint density at radius 1 is 1.14 bits per heavy atom. The average molecular weight is 298 g/mol. The van der Waals surface area contributed by atoms with Crippen molar-refractivity contribution in [3.8, 4) is 0 Å². The van der Waals surface area contributed by atoms with Crippen molar-refractivity contribution in [1.29, 1.82) is 0 Å². The lowest BCUT2D eigenvalue weighted by Crippen LogP contribution is -2.39. The number of hydrogen-bond donors (Lipinski definition) is 0. The first kappa shape index (κ1) is 14.3. The molecule has 114 valence electrons. The van der Waals surface area contributed by atoms with Crippen LogP contribution in [0, 0.1) is 0 Å². The zero-order valence-electron chi connectivity index (χ0n) is 12.9. The Labute approximate surface area is 127 Å². The van der Waals surface area contributed by atoms with Crippen molar-refractivity contribution in [2.45, 2.75) is 26.4 Å². The van der Waals surface area contributed by atoms with Crippen LogP contribution >= 0.6 is 0 Å². The van der Waals surface area contributed by atoms with Crippen LogP contribution in [0.25, 0.3) is 11.2 Å². The van der Waals surface area contributed by atoms with Crippen molar-refractivity contribution >= 4 is 11.2 Å². The molecular weight excluding hydrogens is 280 g/mol. The van der Waals surface area contributed by atoms with Gasteiger partial charge in [0.05, 0.1) is 6.33 Å². The normalized spacial score (nSPS) is 11.5. The van der Waals surface area contributed by atoms with E-state index in [1.54, 1.807) is 15.5 Å². The summed E-state index contributed by atoms with van der Waals surface area (Å²) in [5.41, 5.74) is 1.33. The number of nitrogens with zero attached hydrogens (tertiary/aromatic N) is 4. The van der Waals surface area contributed by atoms with Crippen LogP contribution in [0.1, 0.15) is 25.5 Å². The highest BCUT2D eigenvalue weighted by atomic mass is 16.2. The molecule has 22 heavy (non-hydrogen) atoms. The summed E-state index contributed by atoms with van der Waals surface area (Å²) in [6.07, 6.45) is 1.62. The van der Waals surface area contributed by atoms with Crippen LogP contribution in [0.2, 0.25) is 0 Å². The average Bonchev–Trinajstić information content (AvgIpc) is 2.89. The number of benzene rings is 1. The minimum Gasteiger partial charge on any atom is -0.320 e. The Hall–Kier alpha value is -2.63.